The molecule has 1 aliphatic heterocycles. The average molecular weight is 524 g/mol. The van der Waals surface area contributed by atoms with Gasteiger partial charge in [-0.2, -0.15) is 0 Å². The number of ether oxygens (including phenoxy) is 1. The molecule has 1 N–H and O–H groups in total. The van der Waals surface area contributed by atoms with Crippen molar-refractivity contribution in [3.05, 3.63) is 101 Å². The van der Waals surface area contributed by atoms with Crippen molar-refractivity contribution in [3.63, 3.8) is 0 Å². The van der Waals surface area contributed by atoms with Crippen LogP contribution < -0.4 is 4.74 Å². The fraction of sp³-hybridized carbons (Fsp3) is 0.333. The van der Waals surface area contributed by atoms with Gasteiger partial charge in [0.25, 0.3) is 0 Å². The van der Waals surface area contributed by atoms with Gasteiger partial charge in [-0.15, -0.1) is 24.8 Å². The zero-order valence-electron chi connectivity index (χ0n) is 19.3. The molecule has 3 aromatic rings. The summed E-state index contributed by atoms with van der Waals surface area (Å²) in [5, 5.41) is 11.2. The molecule has 1 aliphatic rings. The van der Waals surface area contributed by atoms with Gasteiger partial charge in [-0.25, -0.2) is 0 Å². The van der Waals surface area contributed by atoms with Crippen molar-refractivity contribution in [3.8, 4) is 5.75 Å². The molecule has 3 aromatic carbocycles. The number of rotatable bonds is 8. The summed E-state index contributed by atoms with van der Waals surface area (Å²) in [5.74, 6) is 0.740. The lowest BCUT2D eigenvalue weighted by Gasteiger charge is -2.40. The van der Waals surface area contributed by atoms with Gasteiger partial charge in [0.05, 0.1) is 6.04 Å². The van der Waals surface area contributed by atoms with Crippen molar-refractivity contribution >= 4 is 36.4 Å². The van der Waals surface area contributed by atoms with Crippen molar-refractivity contribution in [2.75, 3.05) is 39.3 Å². The molecule has 0 radical (unpaired) electrons. The second-order valence-electron chi connectivity index (χ2n) is 8.44. The molecule has 1 saturated heterocycles. The number of piperazine rings is 1. The third-order valence-corrected chi connectivity index (χ3v) is 6.47. The summed E-state index contributed by atoms with van der Waals surface area (Å²) in [6.07, 6.45) is -0.531. The van der Waals surface area contributed by atoms with Gasteiger partial charge in [0.15, 0.2) is 0 Å². The molecular formula is C27H33Cl3N2O2. The van der Waals surface area contributed by atoms with Crippen LogP contribution in [0.15, 0.2) is 78.9 Å². The molecular weight excluding hydrogens is 491 g/mol. The lowest BCUT2D eigenvalue weighted by atomic mass is 9.96. The van der Waals surface area contributed by atoms with Crippen LogP contribution in [-0.4, -0.2) is 60.3 Å². The highest BCUT2D eigenvalue weighted by molar-refractivity contribution is 6.31. The van der Waals surface area contributed by atoms with E-state index in [1.165, 1.54) is 11.1 Å². The van der Waals surface area contributed by atoms with Crippen molar-refractivity contribution in [2.24, 2.45) is 0 Å². The van der Waals surface area contributed by atoms with Crippen LogP contribution in [-0.2, 0) is 0 Å². The van der Waals surface area contributed by atoms with Crippen LogP contribution in [0, 0.1) is 6.92 Å². The van der Waals surface area contributed by atoms with E-state index in [0.717, 1.165) is 42.5 Å². The van der Waals surface area contributed by atoms with E-state index in [4.69, 9.17) is 16.3 Å². The first-order chi connectivity index (χ1) is 15.6. The van der Waals surface area contributed by atoms with Crippen molar-refractivity contribution < 1.29 is 9.84 Å². The fourth-order valence-electron chi connectivity index (χ4n) is 4.34. The summed E-state index contributed by atoms with van der Waals surface area (Å²) in [6.45, 7) is 6.60. The number of halogens is 3. The lowest BCUT2D eigenvalue weighted by Crippen LogP contribution is -2.50. The smallest absolute Gasteiger partial charge is 0.119 e. The van der Waals surface area contributed by atoms with Gasteiger partial charge in [-0.1, -0.05) is 72.3 Å². The van der Waals surface area contributed by atoms with E-state index in [2.05, 4.69) is 70.5 Å². The summed E-state index contributed by atoms with van der Waals surface area (Å²) in [4.78, 5) is 4.87. The molecule has 0 aromatic heterocycles. The van der Waals surface area contributed by atoms with E-state index in [0.29, 0.717) is 6.54 Å². The van der Waals surface area contributed by atoms with Crippen LogP contribution in [0.5, 0.6) is 5.75 Å². The Hall–Kier alpha value is -1.79. The van der Waals surface area contributed by atoms with Gasteiger partial charge in [-0.05, 0) is 41.8 Å². The number of aliphatic hydroxyl groups excluding tert-OH is 1. The van der Waals surface area contributed by atoms with Gasteiger partial charge < -0.3 is 9.84 Å². The zero-order valence-corrected chi connectivity index (χ0v) is 21.7. The molecule has 7 heteroatoms. The second-order valence-corrected chi connectivity index (χ2v) is 8.84. The number of β-amino-alcohol motifs (C(OH)–C–C–N with tert-alkyl or cyclic N) is 1. The minimum atomic E-state index is -0.531. The standard InChI is InChI=1S/C27H31ClN2O2.2ClH/c1-21-18-25(12-13-26(21)28)32-20-24(31)19-29-14-16-30(17-15-29)27(22-8-4-2-5-9-22)23-10-6-3-7-11-23;;/h2-13,18,24,27,31H,14-17,19-20H2,1H3;2*1H. The van der Waals surface area contributed by atoms with Gasteiger partial charge in [0.2, 0.25) is 0 Å². The van der Waals surface area contributed by atoms with E-state index in [9.17, 15) is 5.11 Å². The maximum absolute atomic E-state index is 10.5. The molecule has 0 saturated carbocycles. The molecule has 1 fully saturated rings. The Morgan fingerprint density at radius 2 is 1.41 bits per heavy atom. The first-order valence-electron chi connectivity index (χ1n) is 11.2. The Morgan fingerprint density at radius 1 is 0.853 bits per heavy atom. The molecule has 0 spiro atoms. The maximum atomic E-state index is 10.5. The largest absolute Gasteiger partial charge is 0.491 e. The van der Waals surface area contributed by atoms with E-state index in [-0.39, 0.29) is 37.5 Å². The van der Waals surface area contributed by atoms with Crippen LogP contribution >= 0.6 is 36.4 Å². The Balaban J connectivity index is 0.00000204. The SMILES string of the molecule is Cc1cc(OCC(O)CN2CCN(C(c3ccccc3)c3ccccc3)CC2)ccc1Cl.Cl.Cl. The molecule has 1 unspecified atom stereocenters. The van der Waals surface area contributed by atoms with Crippen LogP contribution in [0.2, 0.25) is 5.02 Å². The first kappa shape index (κ1) is 28.4. The number of hydrogen-bond donors (Lipinski definition) is 1. The Labute approximate surface area is 220 Å². The molecule has 34 heavy (non-hydrogen) atoms. The summed E-state index contributed by atoms with van der Waals surface area (Å²) in [7, 11) is 0. The number of benzene rings is 3. The van der Waals surface area contributed by atoms with E-state index >= 15 is 0 Å². The van der Waals surface area contributed by atoms with Gasteiger partial charge in [-0.3, -0.25) is 9.80 Å². The number of aliphatic hydroxyl groups is 1. The Bertz CT molecular complexity index is 944. The van der Waals surface area contributed by atoms with E-state index < -0.39 is 6.10 Å². The first-order valence-corrected chi connectivity index (χ1v) is 11.6. The van der Waals surface area contributed by atoms with Gasteiger partial charge >= 0.3 is 0 Å². The minimum absolute atomic E-state index is 0. The van der Waals surface area contributed by atoms with Crippen molar-refractivity contribution in [2.45, 2.75) is 19.1 Å². The lowest BCUT2D eigenvalue weighted by molar-refractivity contribution is 0.0401. The fourth-order valence-corrected chi connectivity index (χ4v) is 4.46. The predicted octanol–water partition coefficient (Wildman–Crippen LogP) is 5.64. The molecule has 4 nitrogen and oxygen atoms in total. The summed E-state index contributed by atoms with van der Waals surface area (Å²) in [5.41, 5.74) is 3.61. The third-order valence-electron chi connectivity index (χ3n) is 6.04. The Morgan fingerprint density at radius 3 is 1.94 bits per heavy atom. The van der Waals surface area contributed by atoms with E-state index in [1.54, 1.807) is 0 Å². The second kappa shape index (κ2) is 13.9. The molecule has 184 valence electrons. The van der Waals surface area contributed by atoms with Crippen LogP contribution in [0.25, 0.3) is 0 Å². The molecule has 0 bridgehead atoms. The highest BCUT2D eigenvalue weighted by Gasteiger charge is 2.27. The summed E-state index contributed by atoms with van der Waals surface area (Å²) in [6, 6.07) is 27.3. The van der Waals surface area contributed by atoms with E-state index in [1.807, 2.05) is 25.1 Å². The van der Waals surface area contributed by atoms with Gasteiger partial charge in [0, 0.05) is 37.7 Å². The monoisotopic (exact) mass is 522 g/mol. The zero-order chi connectivity index (χ0) is 22.3. The highest BCUT2D eigenvalue weighted by atomic mass is 35.5. The van der Waals surface area contributed by atoms with Crippen LogP contribution in [0.3, 0.4) is 0 Å². The Kier molecular flexibility index (Phi) is 11.7. The van der Waals surface area contributed by atoms with Crippen LogP contribution in [0.1, 0.15) is 22.7 Å². The number of hydrogen-bond acceptors (Lipinski definition) is 4. The molecule has 1 atom stereocenters. The number of aryl methyl sites for hydroxylation is 1. The van der Waals surface area contributed by atoms with Crippen LogP contribution in [0.4, 0.5) is 0 Å². The predicted molar refractivity (Wildman–Crippen MR) is 145 cm³/mol. The molecule has 4 rings (SSSR count). The molecule has 1 heterocycles. The topological polar surface area (TPSA) is 35.9 Å². The third kappa shape index (κ3) is 7.61. The normalized spacial score (nSPS) is 15.3. The van der Waals surface area contributed by atoms with Gasteiger partial charge in [0.1, 0.15) is 18.5 Å². The minimum Gasteiger partial charge on any atom is -0.491 e. The summed E-state index contributed by atoms with van der Waals surface area (Å²) >= 11 is 6.07. The van der Waals surface area contributed by atoms with Crippen molar-refractivity contribution in [1.82, 2.24) is 9.80 Å². The average Bonchev–Trinajstić information content (AvgIpc) is 2.83. The highest BCUT2D eigenvalue weighted by Crippen LogP contribution is 2.29. The number of nitrogens with zero attached hydrogens (tertiary/aromatic N) is 2. The maximum Gasteiger partial charge on any atom is 0.119 e. The van der Waals surface area contributed by atoms with Crippen molar-refractivity contribution in [1.29, 1.82) is 0 Å². The molecule has 0 aliphatic carbocycles. The quantitative estimate of drug-likeness (QED) is 0.415. The summed E-state index contributed by atoms with van der Waals surface area (Å²) < 4.78 is 5.77. The molecule has 0 amide bonds.